The summed E-state index contributed by atoms with van der Waals surface area (Å²) in [4.78, 5) is 2.18. The lowest BCUT2D eigenvalue weighted by Crippen LogP contribution is -2.08. The number of hydrogen-bond donors (Lipinski definition) is 0. The molecule has 0 saturated heterocycles. The van der Waals surface area contributed by atoms with Crippen LogP contribution in [0.25, 0.3) is 12.2 Å². The molecule has 118 valence electrons. The Labute approximate surface area is 144 Å². The molecule has 3 rings (SSSR count). The summed E-state index contributed by atoms with van der Waals surface area (Å²) in [6.07, 6.45) is 8.36. The van der Waals surface area contributed by atoms with E-state index in [0.717, 1.165) is 0 Å². The molecule has 1 nitrogen and oxygen atoms in total. The van der Waals surface area contributed by atoms with Gasteiger partial charge in [0, 0.05) is 18.4 Å². The van der Waals surface area contributed by atoms with Crippen LogP contribution in [-0.2, 0) is 0 Å². The summed E-state index contributed by atoms with van der Waals surface area (Å²) in [6.45, 7) is 0. The number of anilines is 2. The lowest BCUT2D eigenvalue weighted by molar-refractivity contribution is 1.21. The molecular formula is C23H21N. The Morgan fingerprint density at radius 1 is 0.542 bits per heavy atom. The van der Waals surface area contributed by atoms with E-state index in [-0.39, 0.29) is 0 Å². The van der Waals surface area contributed by atoms with Gasteiger partial charge in [0.25, 0.3) is 0 Å². The third kappa shape index (κ3) is 4.23. The van der Waals surface area contributed by atoms with Gasteiger partial charge in [-0.05, 0) is 35.4 Å². The highest BCUT2D eigenvalue weighted by Crippen LogP contribution is 2.23. The molecule has 3 aromatic carbocycles. The van der Waals surface area contributed by atoms with Crippen LogP contribution in [0.3, 0.4) is 0 Å². The van der Waals surface area contributed by atoms with E-state index in [1.54, 1.807) is 0 Å². The highest BCUT2D eigenvalue weighted by Gasteiger charge is 2.02. The van der Waals surface area contributed by atoms with Gasteiger partial charge in [0.1, 0.15) is 0 Å². The van der Waals surface area contributed by atoms with Crippen LogP contribution in [0, 0.1) is 0 Å². The topological polar surface area (TPSA) is 3.24 Å². The second-order valence-corrected chi connectivity index (χ2v) is 5.62. The standard InChI is InChI=1S/C23H21N/c1-24(22-14-6-3-7-15-22)23-18-16-21(17-19-23)13-9-8-12-20-10-4-2-5-11-20/h2-19H,1H3/b12-8+,13-9+. The van der Waals surface area contributed by atoms with Crippen molar-refractivity contribution in [2.75, 3.05) is 11.9 Å². The van der Waals surface area contributed by atoms with Crippen molar-refractivity contribution in [1.82, 2.24) is 0 Å². The summed E-state index contributed by atoms with van der Waals surface area (Å²) >= 11 is 0. The Balaban J connectivity index is 1.64. The molecular weight excluding hydrogens is 290 g/mol. The first-order valence-corrected chi connectivity index (χ1v) is 8.11. The van der Waals surface area contributed by atoms with Gasteiger partial charge in [0.15, 0.2) is 0 Å². The lowest BCUT2D eigenvalue weighted by Gasteiger charge is -2.19. The molecule has 3 aromatic rings. The van der Waals surface area contributed by atoms with Crippen molar-refractivity contribution in [3.63, 3.8) is 0 Å². The molecule has 0 atom stereocenters. The summed E-state index contributed by atoms with van der Waals surface area (Å²) in [5.41, 5.74) is 4.77. The molecule has 0 spiro atoms. The Bertz CT molecular complexity index is 800. The molecule has 0 aromatic heterocycles. The first-order chi connectivity index (χ1) is 11.8. The highest BCUT2D eigenvalue weighted by molar-refractivity contribution is 5.65. The van der Waals surface area contributed by atoms with Crippen LogP contribution in [0.15, 0.2) is 97.1 Å². The van der Waals surface area contributed by atoms with Gasteiger partial charge in [-0.15, -0.1) is 0 Å². The molecule has 0 aliphatic rings. The Morgan fingerprint density at radius 3 is 1.58 bits per heavy atom. The minimum Gasteiger partial charge on any atom is -0.345 e. The molecule has 0 N–H and O–H groups in total. The van der Waals surface area contributed by atoms with Crippen LogP contribution in [0.5, 0.6) is 0 Å². The van der Waals surface area contributed by atoms with Crippen molar-refractivity contribution in [3.05, 3.63) is 108 Å². The van der Waals surface area contributed by atoms with Crippen LogP contribution in [-0.4, -0.2) is 7.05 Å². The maximum absolute atomic E-state index is 2.18. The smallest absolute Gasteiger partial charge is 0.0408 e. The average molecular weight is 311 g/mol. The predicted octanol–water partition coefficient (Wildman–Crippen LogP) is 6.18. The quantitative estimate of drug-likeness (QED) is 0.508. The second-order valence-electron chi connectivity index (χ2n) is 5.62. The number of rotatable bonds is 5. The lowest BCUT2D eigenvalue weighted by atomic mass is 10.1. The van der Waals surface area contributed by atoms with Crippen molar-refractivity contribution in [2.24, 2.45) is 0 Å². The number of para-hydroxylation sites is 1. The van der Waals surface area contributed by atoms with Crippen LogP contribution >= 0.6 is 0 Å². The van der Waals surface area contributed by atoms with Gasteiger partial charge in [-0.1, -0.05) is 85.0 Å². The highest BCUT2D eigenvalue weighted by atomic mass is 15.1. The summed E-state index contributed by atoms with van der Waals surface area (Å²) in [7, 11) is 2.09. The van der Waals surface area contributed by atoms with E-state index < -0.39 is 0 Å². The van der Waals surface area contributed by atoms with E-state index >= 15 is 0 Å². The normalized spacial score (nSPS) is 11.2. The minimum atomic E-state index is 1.18. The molecule has 0 radical (unpaired) electrons. The van der Waals surface area contributed by atoms with E-state index in [1.165, 1.54) is 22.5 Å². The van der Waals surface area contributed by atoms with Crippen molar-refractivity contribution in [3.8, 4) is 0 Å². The Morgan fingerprint density at radius 2 is 1.00 bits per heavy atom. The zero-order valence-electron chi connectivity index (χ0n) is 13.8. The van der Waals surface area contributed by atoms with E-state index in [9.17, 15) is 0 Å². The van der Waals surface area contributed by atoms with Gasteiger partial charge < -0.3 is 4.90 Å². The zero-order valence-corrected chi connectivity index (χ0v) is 13.8. The predicted molar refractivity (Wildman–Crippen MR) is 105 cm³/mol. The van der Waals surface area contributed by atoms with Crippen molar-refractivity contribution < 1.29 is 0 Å². The fraction of sp³-hybridized carbons (Fsp3) is 0.0435. The van der Waals surface area contributed by atoms with Crippen LogP contribution in [0.1, 0.15) is 11.1 Å². The molecule has 1 heteroatoms. The third-order valence-corrected chi connectivity index (χ3v) is 3.91. The first kappa shape index (κ1) is 15.8. The largest absolute Gasteiger partial charge is 0.345 e. The minimum absolute atomic E-state index is 1.18. The van der Waals surface area contributed by atoms with E-state index in [0.29, 0.717) is 0 Å². The molecule has 0 unspecified atom stereocenters. The van der Waals surface area contributed by atoms with Crippen molar-refractivity contribution in [1.29, 1.82) is 0 Å². The van der Waals surface area contributed by atoms with Crippen molar-refractivity contribution >= 4 is 23.5 Å². The summed E-state index contributed by atoms with van der Waals surface area (Å²) in [5, 5.41) is 0. The van der Waals surface area contributed by atoms with Crippen LogP contribution < -0.4 is 4.90 Å². The van der Waals surface area contributed by atoms with Crippen LogP contribution in [0.2, 0.25) is 0 Å². The molecule has 0 aliphatic carbocycles. The average Bonchev–Trinajstić information content (AvgIpc) is 2.67. The Kier molecular flexibility index (Phi) is 5.26. The summed E-state index contributed by atoms with van der Waals surface area (Å²) in [6, 6.07) is 29.3. The fourth-order valence-electron chi connectivity index (χ4n) is 2.51. The monoisotopic (exact) mass is 311 g/mol. The van der Waals surface area contributed by atoms with E-state index in [4.69, 9.17) is 0 Å². The number of allylic oxidation sites excluding steroid dienone is 2. The summed E-state index contributed by atoms with van der Waals surface area (Å²) < 4.78 is 0. The molecule has 0 fully saturated rings. The van der Waals surface area contributed by atoms with E-state index in [2.05, 4.69) is 96.9 Å². The molecule has 0 heterocycles. The second kappa shape index (κ2) is 7.98. The SMILES string of the molecule is CN(c1ccccc1)c1ccc(/C=C/C=C/c2ccccc2)cc1. The van der Waals surface area contributed by atoms with Gasteiger partial charge in [-0.2, -0.15) is 0 Å². The molecule has 0 aliphatic heterocycles. The molecule has 0 bridgehead atoms. The molecule has 24 heavy (non-hydrogen) atoms. The maximum atomic E-state index is 2.18. The van der Waals surface area contributed by atoms with Gasteiger partial charge >= 0.3 is 0 Å². The molecule has 0 saturated carbocycles. The number of benzene rings is 3. The van der Waals surface area contributed by atoms with Crippen LogP contribution in [0.4, 0.5) is 11.4 Å². The molecule has 0 amide bonds. The Hall–Kier alpha value is -3.06. The maximum Gasteiger partial charge on any atom is 0.0408 e. The third-order valence-electron chi connectivity index (χ3n) is 3.91. The first-order valence-electron chi connectivity index (χ1n) is 8.11. The van der Waals surface area contributed by atoms with Crippen molar-refractivity contribution in [2.45, 2.75) is 0 Å². The number of nitrogens with zero attached hydrogens (tertiary/aromatic N) is 1. The van der Waals surface area contributed by atoms with Gasteiger partial charge in [-0.25, -0.2) is 0 Å². The van der Waals surface area contributed by atoms with Gasteiger partial charge in [-0.3, -0.25) is 0 Å². The fourth-order valence-corrected chi connectivity index (χ4v) is 2.51. The number of hydrogen-bond acceptors (Lipinski definition) is 1. The van der Waals surface area contributed by atoms with E-state index in [1.807, 2.05) is 24.3 Å². The van der Waals surface area contributed by atoms with Gasteiger partial charge in [0.05, 0.1) is 0 Å². The zero-order chi connectivity index (χ0) is 16.6. The van der Waals surface area contributed by atoms with Gasteiger partial charge in [0.2, 0.25) is 0 Å². The summed E-state index contributed by atoms with van der Waals surface area (Å²) in [5.74, 6) is 0.